The Morgan fingerprint density at radius 1 is 1.09 bits per heavy atom. The lowest BCUT2D eigenvalue weighted by molar-refractivity contribution is -0.137. The summed E-state index contributed by atoms with van der Waals surface area (Å²) in [5, 5.41) is 9.42. The molecular formula is C22H25F3N2O6S. The molecule has 0 spiro atoms. The van der Waals surface area contributed by atoms with Crippen molar-refractivity contribution >= 4 is 20.9 Å². The van der Waals surface area contributed by atoms with Crippen molar-refractivity contribution in [3.05, 3.63) is 58.0 Å². The number of fused-ring (bicyclic) bond motifs is 1. The van der Waals surface area contributed by atoms with E-state index >= 15 is 0 Å². The van der Waals surface area contributed by atoms with Gasteiger partial charge < -0.3 is 14.6 Å². The number of nitrogens with zero attached hydrogens (tertiary/aromatic N) is 2. The van der Waals surface area contributed by atoms with Crippen LogP contribution in [0.15, 0.2) is 41.2 Å². The van der Waals surface area contributed by atoms with E-state index in [1.165, 1.54) is 7.11 Å². The van der Waals surface area contributed by atoms with Crippen LogP contribution in [0.3, 0.4) is 0 Å². The van der Waals surface area contributed by atoms with Gasteiger partial charge in [0.25, 0.3) is 0 Å². The van der Waals surface area contributed by atoms with Crippen molar-refractivity contribution in [2.24, 2.45) is 0 Å². The van der Waals surface area contributed by atoms with E-state index < -0.39 is 45.7 Å². The Kier molecular flexibility index (Phi) is 7.32. The minimum Gasteiger partial charge on any atom is -0.493 e. The first kappa shape index (κ1) is 25.6. The van der Waals surface area contributed by atoms with E-state index in [1.807, 2.05) is 0 Å². The number of halogens is 3. The first-order chi connectivity index (χ1) is 15.9. The summed E-state index contributed by atoms with van der Waals surface area (Å²) in [6.45, 7) is 1.29. The second-order valence-electron chi connectivity index (χ2n) is 7.68. The Hall–Kier alpha value is -2.99. The molecule has 0 fully saturated rings. The zero-order valence-corrected chi connectivity index (χ0v) is 19.6. The summed E-state index contributed by atoms with van der Waals surface area (Å²) >= 11 is 0. The molecule has 1 aromatic heterocycles. The van der Waals surface area contributed by atoms with Gasteiger partial charge in [-0.25, -0.2) is 13.2 Å². The molecule has 1 heterocycles. The highest BCUT2D eigenvalue weighted by molar-refractivity contribution is 7.90. The molecule has 8 nitrogen and oxygen atoms in total. The van der Waals surface area contributed by atoms with Crippen LogP contribution in [-0.4, -0.2) is 55.0 Å². The average Bonchev–Trinajstić information content (AvgIpc) is 3.02. The number of benzene rings is 2. The number of alkyl halides is 3. The summed E-state index contributed by atoms with van der Waals surface area (Å²) in [5.74, 6) is 0.227. The van der Waals surface area contributed by atoms with Crippen molar-refractivity contribution in [2.75, 3.05) is 32.3 Å². The van der Waals surface area contributed by atoms with Gasteiger partial charge in [-0.3, -0.25) is 9.13 Å². The van der Waals surface area contributed by atoms with Gasteiger partial charge in [-0.05, 0) is 42.8 Å². The van der Waals surface area contributed by atoms with Crippen LogP contribution >= 0.6 is 0 Å². The highest BCUT2D eigenvalue weighted by atomic mass is 32.2. The van der Waals surface area contributed by atoms with E-state index in [2.05, 4.69) is 0 Å². The monoisotopic (exact) mass is 502 g/mol. The lowest BCUT2D eigenvalue weighted by Gasteiger charge is -2.20. The van der Waals surface area contributed by atoms with E-state index in [1.54, 1.807) is 25.1 Å². The molecule has 1 N–H and O–H groups in total. The number of aliphatic hydroxyl groups is 1. The Morgan fingerprint density at radius 2 is 1.79 bits per heavy atom. The number of hydrogen-bond donors (Lipinski definition) is 1. The summed E-state index contributed by atoms with van der Waals surface area (Å²) in [7, 11) is -2.21. The van der Waals surface area contributed by atoms with Crippen LogP contribution in [0.1, 0.15) is 24.1 Å². The third kappa shape index (κ3) is 5.22. The van der Waals surface area contributed by atoms with E-state index in [9.17, 15) is 31.5 Å². The molecule has 12 heteroatoms. The smallest absolute Gasteiger partial charge is 0.416 e. The quantitative estimate of drug-likeness (QED) is 0.483. The topological polar surface area (TPSA) is 99.8 Å². The van der Waals surface area contributed by atoms with Crippen molar-refractivity contribution in [1.29, 1.82) is 0 Å². The average molecular weight is 503 g/mol. The van der Waals surface area contributed by atoms with Crippen LogP contribution in [0.5, 0.6) is 11.5 Å². The molecule has 0 radical (unpaired) electrons. The highest BCUT2D eigenvalue weighted by Gasteiger charge is 2.32. The van der Waals surface area contributed by atoms with Crippen LogP contribution in [-0.2, 0) is 22.6 Å². The molecule has 0 amide bonds. The van der Waals surface area contributed by atoms with Gasteiger partial charge in [0.15, 0.2) is 11.5 Å². The van der Waals surface area contributed by atoms with Gasteiger partial charge in [-0.1, -0.05) is 6.07 Å². The van der Waals surface area contributed by atoms with Crippen molar-refractivity contribution < 1.29 is 36.2 Å². The number of sulfone groups is 1. The van der Waals surface area contributed by atoms with Gasteiger partial charge in [0.1, 0.15) is 9.84 Å². The second-order valence-corrected chi connectivity index (χ2v) is 9.87. The third-order valence-electron chi connectivity index (χ3n) is 5.26. The fourth-order valence-corrected chi connectivity index (χ4v) is 4.76. The molecular weight excluding hydrogens is 477 g/mol. The zero-order valence-electron chi connectivity index (χ0n) is 18.8. The summed E-state index contributed by atoms with van der Waals surface area (Å²) in [6, 6.07) is 6.39. The SMILES string of the molecule is CCOc1cc([C@@H](CS(C)(=O)=O)n2c(=O)n(CCO)c3cc(C(F)(F)F)ccc32)ccc1OC. The van der Waals surface area contributed by atoms with E-state index in [0.717, 1.165) is 33.6 Å². The predicted molar refractivity (Wildman–Crippen MR) is 120 cm³/mol. The second kappa shape index (κ2) is 9.71. The summed E-state index contributed by atoms with van der Waals surface area (Å²) in [5.41, 5.74) is -1.28. The van der Waals surface area contributed by atoms with Crippen LogP contribution in [0.4, 0.5) is 13.2 Å². The molecule has 3 aromatic rings. The van der Waals surface area contributed by atoms with Crippen molar-refractivity contribution in [3.8, 4) is 11.5 Å². The molecule has 0 aliphatic heterocycles. The first-order valence-electron chi connectivity index (χ1n) is 10.3. The Morgan fingerprint density at radius 3 is 2.35 bits per heavy atom. The zero-order chi connectivity index (χ0) is 25.3. The molecule has 3 rings (SSSR count). The molecule has 34 heavy (non-hydrogen) atoms. The lowest BCUT2D eigenvalue weighted by atomic mass is 10.1. The van der Waals surface area contributed by atoms with Gasteiger partial charge in [0.2, 0.25) is 0 Å². The van der Waals surface area contributed by atoms with Crippen LogP contribution in [0, 0.1) is 0 Å². The fourth-order valence-electron chi connectivity index (χ4n) is 3.85. The number of rotatable bonds is 9. The molecule has 186 valence electrons. The molecule has 1 atom stereocenters. The van der Waals surface area contributed by atoms with Crippen molar-refractivity contribution in [3.63, 3.8) is 0 Å². The van der Waals surface area contributed by atoms with Crippen LogP contribution < -0.4 is 15.2 Å². The van der Waals surface area contributed by atoms with E-state index in [-0.39, 0.29) is 17.6 Å². The summed E-state index contributed by atoms with van der Waals surface area (Å²) < 4.78 is 77.6. The Labute approximate surface area is 194 Å². The summed E-state index contributed by atoms with van der Waals surface area (Å²) in [6.07, 6.45) is -3.64. The van der Waals surface area contributed by atoms with Crippen LogP contribution in [0.25, 0.3) is 11.0 Å². The molecule has 0 unspecified atom stereocenters. The summed E-state index contributed by atoms with van der Waals surface area (Å²) in [4.78, 5) is 13.4. The normalized spacial score (nSPS) is 13.3. The lowest BCUT2D eigenvalue weighted by Crippen LogP contribution is -2.32. The van der Waals surface area contributed by atoms with Gasteiger partial charge >= 0.3 is 11.9 Å². The molecule has 0 bridgehead atoms. The minimum atomic E-state index is -4.65. The molecule has 0 aliphatic carbocycles. The number of hydrogen-bond acceptors (Lipinski definition) is 6. The van der Waals surface area contributed by atoms with Gasteiger partial charge in [0.05, 0.1) is 55.3 Å². The largest absolute Gasteiger partial charge is 0.493 e. The fraction of sp³-hybridized carbons (Fsp3) is 0.409. The highest BCUT2D eigenvalue weighted by Crippen LogP contribution is 2.35. The molecule has 0 aliphatic rings. The standard InChI is InChI=1S/C22H25F3N2O6S/c1-4-33-20-11-14(5-8-19(20)32-2)18(13-34(3,30)31)27-16-7-6-15(22(23,24)25)12-17(16)26(9-10-28)21(27)29/h5-8,11-12,18,28H,4,9-10,13H2,1-3H3/t18-/m1/s1. The maximum absolute atomic E-state index is 13.4. The van der Waals surface area contributed by atoms with Gasteiger partial charge in [-0.2, -0.15) is 13.2 Å². The maximum atomic E-state index is 13.4. The third-order valence-corrected chi connectivity index (χ3v) is 6.18. The Bertz CT molecular complexity index is 1350. The van der Waals surface area contributed by atoms with Crippen molar-refractivity contribution in [1.82, 2.24) is 9.13 Å². The van der Waals surface area contributed by atoms with Gasteiger partial charge in [0, 0.05) is 6.26 Å². The van der Waals surface area contributed by atoms with E-state index in [4.69, 9.17) is 9.47 Å². The number of aliphatic hydroxyl groups excluding tert-OH is 1. The first-order valence-corrected chi connectivity index (χ1v) is 12.4. The maximum Gasteiger partial charge on any atom is 0.416 e. The predicted octanol–water partition coefficient (Wildman–Crippen LogP) is 2.86. The molecule has 0 saturated heterocycles. The number of methoxy groups -OCH3 is 1. The van der Waals surface area contributed by atoms with Crippen molar-refractivity contribution in [2.45, 2.75) is 25.7 Å². The molecule has 2 aromatic carbocycles. The Balaban J connectivity index is 2.34. The number of imidazole rings is 1. The van der Waals surface area contributed by atoms with Crippen LogP contribution in [0.2, 0.25) is 0 Å². The number of ether oxygens (including phenoxy) is 2. The van der Waals surface area contributed by atoms with Gasteiger partial charge in [-0.15, -0.1) is 0 Å². The minimum absolute atomic E-state index is 0.0640. The molecule has 0 saturated carbocycles. The number of aromatic nitrogens is 2. The van der Waals surface area contributed by atoms with E-state index in [0.29, 0.717) is 23.7 Å².